The Bertz CT molecular complexity index is 184. The van der Waals surface area contributed by atoms with E-state index in [1.807, 2.05) is 0 Å². The van der Waals surface area contributed by atoms with Gasteiger partial charge in [-0.05, 0) is 43.3 Å². The molecule has 0 nitrogen and oxygen atoms in total. The molecule has 0 aromatic rings. The van der Waals surface area contributed by atoms with Crippen molar-refractivity contribution in [3.8, 4) is 0 Å². The summed E-state index contributed by atoms with van der Waals surface area (Å²) in [6.07, 6.45) is 8.78. The van der Waals surface area contributed by atoms with Crippen LogP contribution < -0.4 is 0 Å². The number of hydrogen-bond donors (Lipinski definition) is 0. The fourth-order valence-corrected chi connectivity index (χ4v) is 1.90. The lowest BCUT2D eigenvalue weighted by Crippen LogP contribution is -2.14. The van der Waals surface area contributed by atoms with Crippen LogP contribution in [0.4, 0.5) is 0 Å². The van der Waals surface area contributed by atoms with Crippen LogP contribution in [0.5, 0.6) is 0 Å². The second-order valence-electron chi connectivity index (χ2n) is 2.95. The van der Waals surface area contributed by atoms with E-state index in [-0.39, 0.29) is 0 Å². The standard InChI is InChI=1S/C9H12/c1-2-7-6-8-4-3-5-9(7)8/h2,5,8H,3-4,6H2,1H3/b7-2+. The van der Waals surface area contributed by atoms with Crippen molar-refractivity contribution in [2.75, 3.05) is 0 Å². The Hall–Kier alpha value is -0.520. The second-order valence-corrected chi connectivity index (χ2v) is 2.95. The molecule has 2 aliphatic carbocycles. The Morgan fingerprint density at radius 3 is 3.22 bits per heavy atom. The quantitative estimate of drug-likeness (QED) is 0.461. The molecule has 0 amide bonds. The molecular formula is C9H12. The van der Waals surface area contributed by atoms with Crippen LogP contribution in [0, 0.1) is 5.92 Å². The zero-order chi connectivity index (χ0) is 6.27. The molecule has 9 heavy (non-hydrogen) atoms. The number of rotatable bonds is 0. The van der Waals surface area contributed by atoms with Crippen LogP contribution in [-0.4, -0.2) is 0 Å². The van der Waals surface area contributed by atoms with E-state index in [1.54, 1.807) is 11.1 Å². The molecule has 2 rings (SSSR count). The van der Waals surface area contributed by atoms with Crippen molar-refractivity contribution in [3.05, 3.63) is 23.3 Å². The molecule has 0 aromatic heterocycles. The predicted octanol–water partition coefficient (Wildman–Crippen LogP) is 2.67. The van der Waals surface area contributed by atoms with Gasteiger partial charge < -0.3 is 0 Å². The van der Waals surface area contributed by atoms with Crippen molar-refractivity contribution in [1.82, 2.24) is 0 Å². The molecule has 0 bridgehead atoms. The van der Waals surface area contributed by atoms with E-state index in [9.17, 15) is 0 Å². The zero-order valence-corrected chi connectivity index (χ0v) is 5.85. The molecule has 1 unspecified atom stereocenters. The van der Waals surface area contributed by atoms with Crippen molar-refractivity contribution in [3.63, 3.8) is 0 Å². The maximum absolute atomic E-state index is 2.41. The van der Waals surface area contributed by atoms with Crippen molar-refractivity contribution in [1.29, 1.82) is 0 Å². The lowest BCUT2D eigenvalue weighted by molar-refractivity contribution is 0.536. The maximum atomic E-state index is 2.41. The van der Waals surface area contributed by atoms with Crippen LogP contribution >= 0.6 is 0 Å². The average molecular weight is 120 g/mol. The first kappa shape index (κ1) is 5.28. The summed E-state index contributed by atoms with van der Waals surface area (Å²) in [5, 5.41) is 0. The van der Waals surface area contributed by atoms with E-state index < -0.39 is 0 Å². The molecule has 0 saturated heterocycles. The van der Waals surface area contributed by atoms with E-state index in [2.05, 4.69) is 19.1 Å². The van der Waals surface area contributed by atoms with Gasteiger partial charge in [-0.1, -0.05) is 12.2 Å². The zero-order valence-electron chi connectivity index (χ0n) is 5.85. The fraction of sp³-hybridized carbons (Fsp3) is 0.556. The van der Waals surface area contributed by atoms with E-state index in [0.29, 0.717) is 0 Å². The van der Waals surface area contributed by atoms with Crippen molar-refractivity contribution in [2.45, 2.75) is 26.2 Å². The third-order valence-electron chi connectivity index (χ3n) is 2.50. The van der Waals surface area contributed by atoms with Gasteiger partial charge >= 0.3 is 0 Å². The number of allylic oxidation sites excluding steroid dienone is 4. The van der Waals surface area contributed by atoms with Crippen LogP contribution in [0.3, 0.4) is 0 Å². The first-order valence-electron chi connectivity index (χ1n) is 3.77. The number of fused-ring (bicyclic) bond motifs is 1. The second kappa shape index (κ2) is 1.73. The van der Waals surface area contributed by atoms with Gasteiger partial charge in [0, 0.05) is 0 Å². The van der Waals surface area contributed by atoms with Gasteiger partial charge in [0.1, 0.15) is 0 Å². The van der Waals surface area contributed by atoms with Gasteiger partial charge in [0.2, 0.25) is 0 Å². The molecule has 0 aromatic carbocycles. The lowest BCUT2D eigenvalue weighted by atomic mass is 9.76. The maximum Gasteiger partial charge on any atom is -0.0119 e. The van der Waals surface area contributed by atoms with E-state index in [0.717, 1.165) is 5.92 Å². The molecule has 1 atom stereocenters. The third kappa shape index (κ3) is 0.592. The minimum Gasteiger partial charge on any atom is -0.0841 e. The van der Waals surface area contributed by atoms with Crippen LogP contribution in [0.1, 0.15) is 26.2 Å². The molecule has 1 fully saturated rings. The first-order valence-corrected chi connectivity index (χ1v) is 3.77. The van der Waals surface area contributed by atoms with Gasteiger partial charge in [0.15, 0.2) is 0 Å². The molecule has 0 heterocycles. The van der Waals surface area contributed by atoms with Gasteiger partial charge in [-0.2, -0.15) is 0 Å². The van der Waals surface area contributed by atoms with Crippen molar-refractivity contribution in [2.24, 2.45) is 5.92 Å². The highest BCUT2D eigenvalue weighted by Crippen LogP contribution is 2.46. The number of hydrogen-bond acceptors (Lipinski definition) is 0. The largest absolute Gasteiger partial charge is 0.0841 e. The van der Waals surface area contributed by atoms with Gasteiger partial charge in [-0.3, -0.25) is 0 Å². The molecule has 0 heteroatoms. The van der Waals surface area contributed by atoms with E-state index in [1.165, 1.54) is 19.3 Å². The van der Waals surface area contributed by atoms with E-state index in [4.69, 9.17) is 0 Å². The Balaban J connectivity index is 2.24. The summed E-state index contributed by atoms with van der Waals surface area (Å²) in [5.74, 6) is 0.969. The lowest BCUT2D eigenvalue weighted by Gasteiger charge is -2.28. The van der Waals surface area contributed by atoms with Crippen molar-refractivity contribution >= 4 is 0 Å². The van der Waals surface area contributed by atoms with Gasteiger partial charge in [-0.15, -0.1) is 0 Å². The summed E-state index contributed by atoms with van der Waals surface area (Å²) in [6, 6.07) is 0. The minimum absolute atomic E-state index is 0.969. The molecule has 0 spiro atoms. The Kier molecular flexibility index (Phi) is 1.01. The normalized spacial score (nSPS) is 35.9. The molecule has 0 aliphatic heterocycles. The Morgan fingerprint density at radius 1 is 1.67 bits per heavy atom. The highest BCUT2D eigenvalue weighted by molar-refractivity contribution is 5.44. The molecule has 0 N–H and O–H groups in total. The molecule has 48 valence electrons. The summed E-state index contributed by atoms with van der Waals surface area (Å²) in [6.45, 7) is 2.14. The van der Waals surface area contributed by atoms with Crippen molar-refractivity contribution < 1.29 is 0 Å². The minimum atomic E-state index is 0.969. The third-order valence-corrected chi connectivity index (χ3v) is 2.50. The van der Waals surface area contributed by atoms with Crippen LogP contribution in [-0.2, 0) is 0 Å². The smallest absolute Gasteiger partial charge is 0.0119 e. The SMILES string of the molecule is C/C=C1\CC2CCC=C12. The fourth-order valence-electron chi connectivity index (χ4n) is 1.90. The topological polar surface area (TPSA) is 0 Å². The van der Waals surface area contributed by atoms with E-state index >= 15 is 0 Å². The summed E-state index contributed by atoms with van der Waals surface area (Å²) >= 11 is 0. The Morgan fingerprint density at radius 2 is 2.56 bits per heavy atom. The van der Waals surface area contributed by atoms with Crippen LogP contribution in [0.2, 0.25) is 0 Å². The van der Waals surface area contributed by atoms with Gasteiger partial charge in [-0.25, -0.2) is 0 Å². The molecule has 2 aliphatic rings. The van der Waals surface area contributed by atoms with Crippen LogP contribution in [0.15, 0.2) is 23.3 Å². The molecule has 0 radical (unpaired) electrons. The summed E-state index contributed by atoms with van der Waals surface area (Å²) < 4.78 is 0. The molecular weight excluding hydrogens is 108 g/mol. The summed E-state index contributed by atoms with van der Waals surface area (Å²) in [5.41, 5.74) is 3.27. The first-order chi connectivity index (χ1) is 4.42. The average Bonchev–Trinajstić information content (AvgIpc) is 2.14. The highest BCUT2D eigenvalue weighted by atomic mass is 14.4. The highest BCUT2D eigenvalue weighted by Gasteiger charge is 2.31. The summed E-state index contributed by atoms with van der Waals surface area (Å²) in [7, 11) is 0. The monoisotopic (exact) mass is 120 g/mol. The summed E-state index contributed by atoms with van der Waals surface area (Å²) in [4.78, 5) is 0. The predicted molar refractivity (Wildman–Crippen MR) is 39.2 cm³/mol. The van der Waals surface area contributed by atoms with Gasteiger partial charge in [0.25, 0.3) is 0 Å². The molecule has 1 saturated carbocycles. The van der Waals surface area contributed by atoms with Crippen LogP contribution in [0.25, 0.3) is 0 Å². The Labute approximate surface area is 56.3 Å². The van der Waals surface area contributed by atoms with Gasteiger partial charge in [0.05, 0.1) is 0 Å².